The fourth-order valence-corrected chi connectivity index (χ4v) is 3.68. The molecule has 0 saturated carbocycles. The van der Waals surface area contributed by atoms with Crippen molar-refractivity contribution in [3.8, 4) is 10.7 Å². The summed E-state index contributed by atoms with van der Waals surface area (Å²) in [6.45, 7) is -0.0339. The molecule has 1 amide bonds. The van der Waals surface area contributed by atoms with Crippen molar-refractivity contribution < 1.29 is 14.3 Å². The summed E-state index contributed by atoms with van der Waals surface area (Å²) in [5.41, 5.74) is 0.748. The number of amides is 1. The first kappa shape index (κ1) is 20.2. The second kappa shape index (κ2) is 9.13. The summed E-state index contributed by atoms with van der Waals surface area (Å²) in [5.74, 6) is -0.148. The maximum Gasteiger partial charge on any atom is 0.307 e. The first-order valence-electron chi connectivity index (χ1n) is 8.28. The van der Waals surface area contributed by atoms with Crippen LogP contribution in [0.4, 0.5) is 0 Å². The summed E-state index contributed by atoms with van der Waals surface area (Å²) in [4.78, 5) is 25.4. The molecule has 0 aliphatic carbocycles. The van der Waals surface area contributed by atoms with Crippen LogP contribution in [0.1, 0.15) is 18.0 Å². The zero-order valence-electron chi connectivity index (χ0n) is 14.8. The lowest BCUT2D eigenvalue weighted by Gasteiger charge is -2.19. The van der Waals surface area contributed by atoms with Gasteiger partial charge in [0, 0.05) is 5.02 Å². The van der Waals surface area contributed by atoms with Crippen LogP contribution < -0.4 is 5.32 Å². The average Bonchev–Trinajstić information content (AvgIpc) is 3.32. The molecular weight excluding hydrogens is 420 g/mol. The Hall–Kier alpha value is -2.49. The van der Waals surface area contributed by atoms with Crippen molar-refractivity contribution in [2.24, 2.45) is 0 Å². The van der Waals surface area contributed by atoms with Crippen LogP contribution in [0.15, 0.2) is 41.8 Å². The normalized spacial score (nSPS) is 11.8. The predicted molar refractivity (Wildman–Crippen MR) is 110 cm³/mol. The quantitative estimate of drug-likeness (QED) is 0.435. The Morgan fingerprint density at radius 2 is 2.11 bits per heavy atom. The lowest BCUT2D eigenvalue weighted by Crippen LogP contribution is -2.33. The molecule has 1 atom stereocenters. The number of ether oxygens (including phenoxy) is 1. The van der Waals surface area contributed by atoms with E-state index in [1.54, 1.807) is 28.8 Å². The van der Waals surface area contributed by atoms with Crippen molar-refractivity contribution in [3.63, 3.8) is 0 Å². The average molecular weight is 437 g/mol. The number of carbonyl (C=O) groups excluding carboxylic acids is 2. The standard InChI is InChI=1S/C18H17ClN4O3S2/c1-26-16(25)9-13(11-4-6-12(19)7-5-11)20-15(24)10-23-17(21-22-18(23)27)14-3-2-8-28-14/h2-8,13H,9-10H2,1H3,(H,20,24)(H,22,27). The van der Waals surface area contributed by atoms with E-state index in [0.29, 0.717) is 15.6 Å². The lowest BCUT2D eigenvalue weighted by atomic mass is 10.0. The van der Waals surface area contributed by atoms with Gasteiger partial charge in [0.25, 0.3) is 0 Å². The summed E-state index contributed by atoms with van der Waals surface area (Å²) in [5, 5.41) is 12.3. The van der Waals surface area contributed by atoms with Crippen LogP contribution in [0.25, 0.3) is 10.7 Å². The number of thiophene rings is 1. The molecule has 1 aromatic carbocycles. The first-order chi connectivity index (χ1) is 13.5. The molecule has 0 aliphatic rings. The van der Waals surface area contributed by atoms with E-state index in [4.69, 9.17) is 28.6 Å². The Balaban J connectivity index is 1.79. The second-order valence-corrected chi connectivity index (χ2v) is 7.64. The summed E-state index contributed by atoms with van der Waals surface area (Å²) in [7, 11) is 1.31. The number of benzene rings is 1. The predicted octanol–water partition coefficient (Wildman–Crippen LogP) is 3.74. The molecule has 3 rings (SSSR count). The number of esters is 1. The Kier molecular flexibility index (Phi) is 6.61. The molecule has 1 unspecified atom stereocenters. The molecule has 0 spiro atoms. The van der Waals surface area contributed by atoms with Crippen LogP contribution >= 0.6 is 35.2 Å². The van der Waals surface area contributed by atoms with Crippen LogP contribution in [0.3, 0.4) is 0 Å². The van der Waals surface area contributed by atoms with Gasteiger partial charge in [0.15, 0.2) is 10.6 Å². The third kappa shape index (κ3) is 4.86. The molecule has 0 fully saturated rings. The van der Waals surface area contributed by atoms with Crippen molar-refractivity contribution in [2.45, 2.75) is 19.0 Å². The van der Waals surface area contributed by atoms with Gasteiger partial charge in [0.2, 0.25) is 5.91 Å². The molecule has 2 heterocycles. The Bertz CT molecular complexity index is 1010. The minimum absolute atomic E-state index is 0.00155. The van der Waals surface area contributed by atoms with E-state index >= 15 is 0 Å². The number of halogens is 1. The zero-order valence-corrected chi connectivity index (χ0v) is 17.2. The van der Waals surface area contributed by atoms with Crippen molar-refractivity contribution in [1.29, 1.82) is 0 Å². The van der Waals surface area contributed by atoms with Crippen molar-refractivity contribution >= 4 is 47.0 Å². The highest BCUT2D eigenvalue weighted by Crippen LogP contribution is 2.23. The fraction of sp³-hybridized carbons (Fsp3) is 0.222. The highest BCUT2D eigenvalue weighted by molar-refractivity contribution is 7.71. The van der Waals surface area contributed by atoms with Gasteiger partial charge in [0.1, 0.15) is 6.54 Å². The summed E-state index contributed by atoms with van der Waals surface area (Å²) < 4.78 is 6.71. The number of aromatic nitrogens is 3. The molecular formula is C18H17ClN4O3S2. The monoisotopic (exact) mass is 436 g/mol. The maximum absolute atomic E-state index is 12.7. The summed E-state index contributed by atoms with van der Waals surface area (Å²) >= 11 is 12.7. The largest absolute Gasteiger partial charge is 0.469 e. The van der Waals surface area contributed by atoms with Crippen molar-refractivity contribution in [2.75, 3.05) is 7.11 Å². The van der Waals surface area contributed by atoms with E-state index in [1.165, 1.54) is 18.4 Å². The van der Waals surface area contributed by atoms with E-state index in [0.717, 1.165) is 10.4 Å². The first-order valence-corrected chi connectivity index (χ1v) is 9.95. The molecule has 146 valence electrons. The van der Waals surface area contributed by atoms with E-state index < -0.39 is 12.0 Å². The third-order valence-electron chi connectivity index (χ3n) is 4.01. The van der Waals surface area contributed by atoms with E-state index in [9.17, 15) is 9.59 Å². The number of hydrogen-bond donors (Lipinski definition) is 2. The van der Waals surface area contributed by atoms with Crippen LogP contribution in [-0.2, 0) is 20.9 Å². The Labute approximate surface area is 175 Å². The fourth-order valence-electron chi connectivity index (χ4n) is 2.64. The number of hydrogen-bond acceptors (Lipinski definition) is 6. The molecule has 0 bridgehead atoms. The molecule has 0 radical (unpaired) electrons. The molecule has 2 aromatic heterocycles. The highest BCUT2D eigenvalue weighted by atomic mass is 35.5. The SMILES string of the molecule is COC(=O)CC(NC(=O)Cn1c(-c2cccs2)n[nH]c1=S)c1ccc(Cl)cc1. The molecule has 0 saturated heterocycles. The number of aromatic amines is 1. The van der Waals surface area contributed by atoms with E-state index in [2.05, 4.69) is 15.5 Å². The molecule has 2 N–H and O–H groups in total. The second-order valence-electron chi connectivity index (χ2n) is 5.87. The number of carbonyl (C=O) groups is 2. The molecule has 10 heteroatoms. The van der Waals surface area contributed by atoms with Crippen LogP contribution in [0.2, 0.25) is 5.02 Å². The van der Waals surface area contributed by atoms with Gasteiger partial charge in [-0.15, -0.1) is 11.3 Å². The van der Waals surface area contributed by atoms with Gasteiger partial charge in [-0.1, -0.05) is 29.8 Å². The topological polar surface area (TPSA) is 89.0 Å². The molecule has 0 aliphatic heterocycles. The molecule has 3 aromatic rings. The van der Waals surface area contributed by atoms with Gasteiger partial charge in [-0.3, -0.25) is 19.3 Å². The maximum atomic E-state index is 12.7. The van der Waals surface area contributed by atoms with Gasteiger partial charge in [0.05, 0.1) is 24.4 Å². The third-order valence-corrected chi connectivity index (χ3v) is 5.44. The van der Waals surface area contributed by atoms with Crippen LogP contribution in [0.5, 0.6) is 0 Å². The van der Waals surface area contributed by atoms with Gasteiger partial charge in [-0.2, -0.15) is 5.10 Å². The number of rotatable bonds is 7. The number of nitrogens with one attached hydrogen (secondary N) is 2. The van der Waals surface area contributed by atoms with Crippen molar-refractivity contribution in [1.82, 2.24) is 20.1 Å². The number of H-pyrrole nitrogens is 1. The van der Waals surface area contributed by atoms with E-state index in [1.807, 2.05) is 17.5 Å². The molecule has 28 heavy (non-hydrogen) atoms. The Morgan fingerprint density at radius 3 is 2.75 bits per heavy atom. The minimum Gasteiger partial charge on any atom is -0.469 e. The van der Waals surface area contributed by atoms with Gasteiger partial charge in [-0.05, 0) is 41.4 Å². The number of nitrogens with zero attached hydrogens (tertiary/aromatic N) is 2. The molecule has 7 nitrogen and oxygen atoms in total. The lowest BCUT2D eigenvalue weighted by molar-refractivity contribution is -0.141. The van der Waals surface area contributed by atoms with E-state index in [-0.39, 0.29) is 18.9 Å². The Morgan fingerprint density at radius 1 is 1.36 bits per heavy atom. The van der Waals surface area contributed by atoms with Crippen LogP contribution in [0, 0.1) is 4.77 Å². The smallest absolute Gasteiger partial charge is 0.307 e. The van der Waals surface area contributed by atoms with Gasteiger partial charge >= 0.3 is 5.97 Å². The minimum atomic E-state index is -0.552. The van der Waals surface area contributed by atoms with Crippen LogP contribution in [-0.4, -0.2) is 33.8 Å². The summed E-state index contributed by atoms with van der Waals surface area (Å²) in [6.07, 6.45) is -0.00155. The van der Waals surface area contributed by atoms with Gasteiger partial charge in [-0.25, -0.2) is 0 Å². The highest BCUT2D eigenvalue weighted by Gasteiger charge is 2.20. The summed E-state index contributed by atoms with van der Waals surface area (Å²) in [6, 6.07) is 10.2. The van der Waals surface area contributed by atoms with Gasteiger partial charge < -0.3 is 10.1 Å². The zero-order chi connectivity index (χ0) is 20.1. The number of methoxy groups -OCH3 is 1. The van der Waals surface area contributed by atoms with Crippen molar-refractivity contribution in [3.05, 3.63) is 57.1 Å².